The molecule has 2 aromatic carbocycles. The van der Waals surface area contributed by atoms with Crippen LogP contribution in [0.2, 0.25) is 5.02 Å². The molecule has 1 heterocycles. The molecule has 1 atom stereocenters. The minimum atomic E-state index is -0.201. The van der Waals surface area contributed by atoms with E-state index in [2.05, 4.69) is 20.9 Å². The maximum atomic E-state index is 6.29. The normalized spacial score (nSPS) is 12.8. The predicted molar refractivity (Wildman–Crippen MR) is 88.0 cm³/mol. The molecular formula is C15H11BrCl2N2. The Kier molecular flexibility index (Phi) is 3.76. The summed E-state index contributed by atoms with van der Waals surface area (Å²) in [6.07, 6.45) is 0. The third-order valence-electron chi connectivity index (χ3n) is 3.09. The first kappa shape index (κ1) is 13.9. The van der Waals surface area contributed by atoms with Gasteiger partial charge in [0.25, 0.3) is 0 Å². The Morgan fingerprint density at radius 1 is 1.20 bits per heavy atom. The molecule has 1 unspecified atom stereocenters. The zero-order valence-electron chi connectivity index (χ0n) is 10.6. The summed E-state index contributed by atoms with van der Waals surface area (Å²) in [5.41, 5.74) is 2.83. The van der Waals surface area contributed by atoms with Gasteiger partial charge in [-0.05, 0) is 53.2 Å². The van der Waals surface area contributed by atoms with Crippen LogP contribution < -0.4 is 0 Å². The van der Waals surface area contributed by atoms with E-state index in [0.717, 1.165) is 27.0 Å². The maximum Gasteiger partial charge on any atom is 0.132 e. The molecular weight excluding hydrogens is 359 g/mol. The standard InChI is InChI=1S/C15H11BrCl2N2/c1-9(17)15-19-12-7-6-10(18)8-14(12)20(15)13-5-3-2-4-11(13)16/h2-9H,1H3. The Bertz CT molecular complexity index is 781. The van der Waals surface area contributed by atoms with Crippen LogP contribution in [0.3, 0.4) is 0 Å². The first-order valence-corrected chi connectivity index (χ1v) is 7.75. The summed E-state index contributed by atoms with van der Waals surface area (Å²) < 4.78 is 3.03. The topological polar surface area (TPSA) is 17.8 Å². The first-order valence-electron chi connectivity index (χ1n) is 6.15. The van der Waals surface area contributed by atoms with E-state index in [-0.39, 0.29) is 5.38 Å². The van der Waals surface area contributed by atoms with Crippen LogP contribution in [-0.4, -0.2) is 9.55 Å². The van der Waals surface area contributed by atoms with Gasteiger partial charge < -0.3 is 0 Å². The van der Waals surface area contributed by atoms with Crippen LogP contribution in [0.15, 0.2) is 46.9 Å². The summed E-state index contributed by atoms with van der Waals surface area (Å²) in [5, 5.41) is 0.479. The molecule has 0 saturated carbocycles. The van der Waals surface area contributed by atoms with Crippen LogP contribution in [0.4, 0.5) is 0 Å². The summed E-state index contributed by atoms with van der Waals surface area (Å²) in [6.45, 7) is 1.91. The lowest BCUT2D eigenvalue weighted by atomic mass is 10.2. The lowest BCUT2D eigenvalue weighted by Gasteiger charge is -2.12. The molecule has 0 aliphatic heterocycles. The summed E-state index contributed by atoms with van der Waals surface area (Å²) >= 11 is 16.0. The number of rotatable bonds is 2. The Hall–Kier alpha value is -1.03. The minimum absolute atomic E-state index is 0.201. The minimum Gasteiger partial charge on any atom is -0.294 e. The van der Waals surface area contributed by atoms with Gasteiger partial charge in [0, 0.05) is 9.50 Å². The van der Waals surface area contributed by atoms with Crippen molar-refractivity contribution in [1.82, 2.24) is 9.55 Å². The molecule has 0 amide bonds. The molecule has 5 heteroatoms. The van der Waals surface area contributed by atoms with E-state index >= 15 is 0 Å². The number of aromatic nitrogens is 2. The van der Waals surface area contributed by atoms with E-state index in [1.165, 1.54) is 0 Å². The van der Waals surface area contributed by atoms with E-state index < -0.39 is 0 Å². The van der Waals surface area contributed by atoms with Crippen molar-refractivity contribution in [2.45, 2.75) is 12.3 Å². The Morgan fingerprint density at radius 2 is 1.95 bits per heavy atom. The zero-order valence-corrected chi connectivity index (χ0v) is 13.7. The molecule has 1 aromatic heterocycles. The number of benzene rings is 2. The second kappa shape index (κ2) is 5.40. The number of imidazole rings is 1. The second-order valence-electron chi connectivity index (χ2n) is 4.51. The van der Waals surface area contributed by atoms with Gasteiger partial charge in [-0.25, -0.2) is 4.98 Å². The third kappa shape index (κ3) is 2.34. The number of halogens is 3. The molecule has 0 aliphatic carbocycles. The van der Waals surface area contributed by atoms with Crippen molar-refractivity contribution in [3.05, 3.63) is 57.8 Å². The Morgan fingerprint density at radius 3 is 2.65 bits per heavy atom. The fourth-order valence-corrected chi connectivity index (χ4v) is 2.99. The van der Waals surface area contributed by atoms with Crippen LogP contribution in [0.1, 0.15) is 18.1 Å². The molecule has 0 spiro atoms. The largest absolute Gasteiger partial charge is 0.294 e. The van der Waals surface area contributed by atoms with Gasteiger partial charge in [-0.1, -0.05) is 23.7 Å². The summed E-state index contributed by atoms with van der Waals surface area (Å²) in [4.78, 5) is 4.62. The van der Waals surface area contributed by atoms with Gasteiger partial charge in [0.05, 0.1) is 22.1 Å². The number of hydrogen-bond acceptors (Lipinski definition) is 1. The fourth-order valence-electron chi connectivity index (χ4n) is 2.22. The highest BCUT2D eigenvalue weighted by Gasteiger charge is 2.17. The van der Waals surface area contributed by atoms with Gasteiger partial charge in [0.2, 0.25) is 0 Å². The number of para-hydroxylation sites is 1. The molecule has 0 saturated heterocycles. The Labute approximate surface area is 135 Å². The molecule has 2 nitrogen and oxygen atoms in total. The van der Waals surface area contributed by atoms with Crippen molar-refractivity contribution < 1.29 is 0 Å². The lowest BCUT2D eigenvalue weighted by Crippen LogP contribution is -2.02. The van der Waals surface area contributed by atoms with Crippen molar-refractivity contribution >= 4 is 50.2 Å². The SMILES string of the molecule is CC(Cl)c1nc2ccc(Cl)cc2n1-c1ccccc1Br. The summed E-state index contributed by atoms with van der Waals surface area (Å²) in [6, 6.07) is 13.6. The van der Waals surface area contributed by atoms with Crippen LogP contribution >= 0.6 is 39.1 Å². The molecule has 0 aliphatic rings. The average molecular weight is 370 g/mol. The van der Waals surface area contributed by atoms with E-state index in [0.29, 0.717) is 5.02 Å². The molecule has 3 aromatic rings. The van der Waals surface area contributed by atoms with Crippen molar-refractivity contribution in [1.29, 1.82) is 0 Å². The first-order chi connectivity index (χ1) is 9.58. The van der Waals surface area contributed by atoms with Crippen molar-refractivity contribution in [3.8, 4) is 5.69 Å². The molecule has 0 N–H and O–H groups in total. The van der Waals surface area contributed by atoms with E-state index in [4.69, 9.17) is 23.2 Å². The van der Waals surface area contributed by atoms with E-state index in [1.807, 2.05) is 54.0 Å². The van der Waals surface area contributed by atoms with Gasteiger partial charge in [-0.15, -0.1) is 11.6 Å². The second-order valence-corrected chi connectivity index (χ2v) is 6.45. The molecule has 20 heavy (non-hydrogen) atoms. The highest BCUT2D eigenvalue weighted by molar-refractivity contribution is 9.10. The number of fused-ring (bicyclic) bond motifs is 1. The van der Waals surface area contributed by atoms with Crippen LogP contribution in [0.5, 0.6) is 0 Å². The highest BCUT2D eigenvalue weighted by Crippen LogP contribution is 2.32. The van der Waals surface area contributed by atoms with E-state index in [9.17, 15) is 0 Å². The smallest absolute Gasteiger partial charge is 0.132 e. The lowest BCUT2D eigenvalue weighted by molar-refractivity contribution is 0.880. The van der Waals surface area contributed by atoms with Gasteiger partial charge in [-0.2, -0.15) is 0 Å². The maximum absolute atomic E-state index is 6.29. The monoisotopic (exact) mass is 368 g/mol. The van der Waals surface area contributed by atoms with Crippen LogP contribution in [-0.2, 0) is 0 Å². The molecule has 3 rings (SSSR count). The molecule has 0 radical (unpaired) electrons. The Balaban J connectivity index is 2.40. The fraction of sp³-hybridized carbons (Fsp3) is 0.133. The molecule has 0 fully saturated rings. The van der Waals surface area contributed by atoms with Crippen molar-refractivity contribution in [3.63, 3.8) is 0 Å². The quantitative estimate of drug-likeness (QED) is 0.526. The average Bonchev–Trinajstić information content (AvgIpc) is 2.78. The molecule has 102 valence electrons. The predicted octanol–water partition coefficient (Wildman–Crippen LogP) is 5.74. The third-order valence-corrected chi connectivity index (χ3v) is 4.19. The number of hydrogen-bond donors (Lipinski definition) is 0. The van der Waals surface area contributed by atoms with Crippen LogP contribution in [0, 0.1) is 0 Å². The zero-order chi connectivity index (χ0) is 14.3. The summed E-state index contributed by atoms with van der Waals surface area (Å²) in [7, 11) is 0. The van der Waals surface area contributed by atoms with Crippen molar-refractivity contribution in [2.24, 2.45) is 0 Å². The highest BCUT2D eigenvalue weighted by atomic mass is 79.9. The number of nitrogens with zero attached hydrogens (tertiary/aromatic N) is 2. The van der Waals surface area contributed by atoms with Crippen molar-refractivity contribution in [2.75, 3.05) is 0 Å². The van der Waals surface area contributed by atoms with Crippen LogP contribution in [0.25, 0.3) is 16.7 Å². The molecule has 0 bridgehead atoms. The summed E-state index contributed by atoms with van der Waals surface area (Å²) in [5.74, 6) is 0.802. The number of alkyl halides is 1. The van der Waals surface area contributed by atoms with Gasteiger partial charge >= 0.3 is 0 Å². The van der Waals surface area contributed by atoms with Gasteiger partial charge in [-0.3, -0.25) is 4.57 Å². The van der Waals surface area contributed by atoms with Gasteiger partial charge in [0.15, 0.2) is 0 Å². The van der Waals surface area contributed by atoms with Gasteiger partial charge in [0.1, 0.15) is 5.82 Å². The van der Waals surface area contributed by atoms with E-state index in [1.54, 1.807) is 0 Å².